The van der Waals surface area contributed by atoms with Crippen molar-refractivity contribution in [3.8, 4) is 6.07 Å². The summed E-state index contributed by atoms with van der Waals surface area (Å²) < 4.78 is 18.0. The van der Waals surface area contributed by atoms with Gasteiger partial charge in [0.1, 0.15) is 18.0 Å². The van der Waals surface area contributed by atoms with E-state index in [9.17, 15) is 14.0 Å². The number of nitrogens with zero attached hydrogens (tertiary/aromatic N) is 1. The number of nitriles is 1. The Morgan fingerprint density at radius 2 is 2.14 bits per heavy atom. The molecule has 2 aromatic rings. The molecule has 1 N–H and O–H groups in total. The first-order chi connectivity index (χ1) is 10.0. The minimum absolute atomic E-state index is 0.0839. The Labute approximate surface area is 119 Å². The molecule has 21 heavy (non-hydrogen) atoms. The van der Waals surface area contributed by atoms with Gasteiger partial charge < -0.3 is 9.72 Å². The molecule has 0 aliphatic rings. The predicted octanol–water partition coefficient (Wildman–Crippen LogP) is 2.05. The maximum Gasteiger partial charge on any atom is 0.344 e. The average molecular weight is 286 g/mol. The van der Waals surface area contributed by atoms with Crippen molar-refractivity contribution in [3.05, 3.63) is 68.9 Å². The number of aryl methyl sites for hydroxylation is 1. The largest absolute Gasteiger partial charge is 0.457 e. The normalized spacial score (nSPS) is 9.95. The number of ether oxygens (including phenoxy) is 1. The van der Waals surface area contributed by atoms with Gasteiger partial charge in [0.25, 0.3) is 5.56 Å². The summed E-state index contributed by atoms with van der Waals surface area (Å²) in [6.45, 7) is 1.48. The van der Waals surface area contributed by atoms with Gasteiger partial charge >= 0.3 is 5.97 Å². The number of aromatic amines is 1. The third-order valence-corrected chi connectivity index (χ3v) is 2.83. The number of aromatic nitrogens is 1. The lowest BCUT2D eigenvalue weighted by Gasteiger charge is -2.06. The molecule has 0 spiro atoms. The molecule has 106 valence electrons. The van der Waals surface area contributed by atoms with E-state index < -0.39 is 17.3 Å². The zero-order valence-electron chi connectivity index (χ0n) is 11.1. The van der Waals surface area contributed by atoms with E-state index >= 15 is 0 Å². The number of halogens is 1. The molecular formula is C15H11FN2O3. The number of rotatable bonds is 3. The molecule has 0 aliphatic heterocycles. The lowest BCUT2D eigenvalue weighted by molar-refractivity contribution is 0.0470. The lowest BCUT2D eigenvalue weighted by Crippen LogP contribution is -2.20. The van der Waals surface area contributed by atoms with E-state index in [0.29, 0.717) is 11.3 Å². The first kappa shape index (κ1) is 14.5. The van der Waals surface area contributed by atoms with Crippen molar-refractivity contribution < 1.29 is 13.9 Å². The molecule has 1 aromatic carbocycles. The molecular weight excluding hydrogens is 275 g/mol. The van der Waals surface area contributed by atoms with E-state index in [2.05, 4.69) is 4.98 Å². The van der Waals surface area contributed by atoms with Crippen LogP contribution in [0.4, 0.5) is 4.39 Å². The molecule has 0 bridgehead atoms. The van der Waals surface area contributed by atoms with E-state index in [1.54, 1.807) is 13.0 Å². The lowest BCUT2D eigenvalue weighted by atomic mass is 10.1. The number of benzene rings is 1. The molecule has 0 amide bonds. The van der Waals surface area contributed by atoms with E-state index in [4.69, 9.17) is 10.00 Å². The van der Waals surface area contributed by atoms with Crippen molar-refractivity contribution >= 4 is 5.97 Å². The van der Waals surface area contributed by atoms with Crippen molar-refractivity contribution in [3.63, 3.8) is 0 Å². The number of H-pyrrole nitrogens is 1. The monoisotopic (exact) mass is 286 g/mol. The Morgan fingerprint density at radius 1 is 1.38 bits per heavy atom. The number of carbonyl (C=O) groups is 1. The first-order valence-corrected chi connectivity index (χ1v) is 6.07. The molecule has 2 rings (SSSR count). The number of esters is 1. The summed E-state index contributed by atoms with van der Waals surface area (Å²) in [5.74, 6) is -1.35. The van der Waals surface area contributed by atoms with Crippen LogP contribution in [-0.4, -0.2) is 11.0 Å². The van der Waals surface area contributed by atoms with Gasteiger partial charge in [0.2, 0.25) is 0 Å². The van der Waals surface area contributed by atoms with Crippen LogP contribution < -0.4 is 5.56 Å². The Kier molecular flexibility index (Phi) is 4.14. The molecule has 0 saturated carbocycles. The van der Waals surface area contributed by atoms with Gasteiger partial charge in [-0.3, -0.25) is 4.79 Å². The van der Waals surface area contributed by atoms with Crippen molar-refractivity contribution in [1.29, 1.82) is 5.26 Å². The summed E-state index contributed by atoms with van der Waals surface area (Å²) in [6.07, 6.45) is 0. The topological polar surface area (TPSA) is 82.9 Å². The quantitative estimate of drug-likeness (QED) is 0.875. The highest BCUT2D eigenvalue weighted by Crippen LogP contribution is 2.12. The zero-order valence-corrected chi connectivity index (χ0v) is 11.1. The molecule has 0 unspecified atom stereocenters. The molecule has 0 radical (unpaired) electrons. The Balaban J connectivity index is 2.15. The summed E-state index contributed by atoms with van der Waals surface area (Å²) in [7, 11) is 0. The summed E-state index contributed by atoms with van der Waals surface area (Å²) in [5, 5.41) is 8.89. The van der Waals surface area contributed by atoms with Gasteiger partial charge in [-0.1, -0.05) is 6.07 Å². The van der Waals surface area contributed by atoms with Gasteiger partial charge in [-0.2, -0.15) is 5.26 Å². The molecule has 0 fully saturated rings. The number of hydrogen-bond acceptors (Lipinski definition) is 4. The van der Waals surface area contributed by atoms with Gasteiger partial charge in [-0.05, 0) is 31.2 Å². The van der Waals surface area contributed by atoms with E-state index in [-0.39, 0.29) is 17.7 Å². The second-order valence-corrected chi connectivity index (χ2v) is 4.37. The highest BCUT2D eigenvalue weighted by molar-refractivity contribution is 5.88. The molecule has 5 nitrogen and oxygen atoms in total. The van der Waals surface area contributed by atoms with Gasteiger partial charge in [-0.15, -0.1) is 0 Å². The summed E-state index contributed by atoms with van der Waals surface area (Å²) >= 11 is 0. The number of carbonyl (C=O) groups excluding carboxylic acids is 1. The maximum absolute atomic E-state index is 13.0. The Morgan fingerprint density at radius 3 is 2.81 bits per heavy atom. The van der Waals surface area contributed by atoms with Crippen molar-refractivity contribution in [2.45, 2.75) is 13.5 Å². The SMILES string of the molecule is Cc1ccc(C(=O)OCc2ccc(F)cc2C#N)c(=O)[nH]1. The number of pyridine rings is 1. The smallest absolute Gasteiger partial charge is 0.344 e. The van der Waals surface area contributed by atoms with Gasteiger partial charge in [0.05, 0.1) is 11.6 Å². The zero-order chi connectivity index (χ0) is 15.4. The van der Waals surface area contributed by atoms with Crippen molar-refractivity contribution in [2.75, 3.05) is 0 Å². The van der Waals surface area contributed by atoms with Gasteiger partial charge in [-0.25, -0.2) is 9.18 Å². The third-order valence-electron chi connectivity index (χ3n) is 2.83. The van der Waals surface area contributed by atoms with Crippen LogP contribution >= 0.6 is 0 Å². The molecule has 0 saturated heterocycles. The van der Waals surface area contributed by atoms with E-state index in [0.717, 1.165) is 6.07 Å². The molecule has 0 aliphatic carbocycles. The van der Waals surface area contributed by atoms with Crippen LogP contribution in [0.1, 0.15) is 27.2 Å². The average Bonchev–Trinajstić information content (AvgIpc) is 2.45. The summed E-state index contributed by atoms with van der Waals surface area (Å²) in [6, 6.07) is 8.36. The summed E-state index contributed by atoms with van der Waals surface area (Å²) in [5.41, 5.74) is 0.416. The standard InChI is InChI=1S/C15H11FN2O3/c1-9-2-5-13(14(19)18-9)15(20)21-8-10-3-4-12(16)6-11(10)7-17/h2-6H,8H2,1H3,(H,18,19). The molecule has 1 heterocycles. The second kappa shape index (κ2) is 6.01. The number of hydrogen-bond donors (Lipinski definition) is 1. The predicted molar refractivity (Wildman–Crippen MR) is 72.0 cm³/mol. The van der Waals surface area contributed by atoms with Crippen molar-refractivity contribution in [1.82, 2.24) is 4.98 Å². The minimum atomic E-state index is -0.801. The van der Waals surface area contributed by atoms with Crippen LogP contribution in [0.3, 0.4) is 0 Å². The maximum atomic E-state index is 13.0. The third kappa shape index (κ3) is 3.34. The molecule has 1 aromatic heterocycles. The highest BCUT2D eigenvalue weighted by Gasteiger charge is 2.13. The van der Waals surface area contributed by atoms with E-state index in [1.165, 1.54) is 18.2 Å². The van der Waals surface area contributed by atoms with Crippen LogP contribution in [0.25, 0.3) is 0 Å². The second-order valence-electron chi connectivity index (χ2n) is 4.37. The summed E-state index contributed by atoms with van der Waals surface area (Å²) in [4.78, 5) is 25.9. The van der Waals surface area contributed by atoms with Gasteiger partial charge in [0, 0.05) is 11.3 Å². The minimum Gasteiger partial charge on any atom is -0.457 e. The fraction of sp³-hybridized carbons (Fsp3) is 0.133. The van der Waals surface area contributed by atoms with Crippen LogP contribution in [0.15, 0.2) is 35.1 Å². The first-order valence-electron chi connectivity index (χ1n) is 6.07. The Bertz CT molecular complexity index is 790. The Hall–Kier alpha value is -2.94. The number of nitrogens with one attached hydrogen (secondary N) is 1. The van der Waals surface area contributed by atoms with E-state index in [1.807, 2.05) is 6.07 Å². The van der Waals surface area contributed by atoms with Crippen LogP contribution in [0, 0.1) is 24.1 Å². The molecule has 6 heteroatoms. The van der Waals surface area contributed by atoms with Crippen molar-refractivity contribution in [2.24, 2.45) is 0 Å². The van der Waals surface area contributed by atoms with Gasteiger partial charge in [0.15, 0.2) is 0 Å². The van der Waals surface area contributed by atoms with Crippen LogP contribution in [0.5, 0.6) is 0 Å². The van der Waals surface area contributed by atoms with Crippen LogP contribution in [0.2, 0.25) is 0 Å². The van der Waals surface area contributed by atoms with Crippen LogP contribution in [-0.2, 0) is 11.3 Å². The highest BCUT2D eigenvalue weighted by atomic mass is 19.1. The molecule has 0 atom stereocenters. The fourth-order valence-corrected chi connectivity index (χ4v) is 1.73. The fourth-order valence-electron chi connectivity index (χ4n) is 1.73.